The molecule has 0 aliphatic carbocycles. The quantitative estimate of drug-likeness (QED) is 0.544. The number of carbonyl (C=O) groups is 1. The Morgan fingerprint density at radius 2 is 1.96 bits per heavy atom. The summed E-state index contributed by atoms with van der Waals surface area (Å²) in [6.45, 7) is 5.14. The first kappa shape index (κ1) is 19.3. The van der Waals surface area contributed by atoms with Gasteiger partial charge in [0.05, 0.1) is 19.5 Å². The zero-order chi connectivity index (χ0) is 18.2. The number of amides is 1. The Kier molecular flexibility index (Phi) is 7.27. The van der Waals surface area contributed by atoms with Crippen molar-refractivity contribution in [1.29, 1.82) is 0 Å². The van der Waals surface area contributed by atoms with E-state index in [9.17, 15) is 4.79 Å². The normalized spacial score (nSPS) is 10.9. The Balaban J connectivity index is 2.11. The van der Waals surface area contributed by atoms with Crippen LogP contribution < -0.4 is 10.1 Å². The summed E-state index contributed by atoms with van der Waals surface area (Å²) >= 11 is 1.38. The van der Waals surface area contributed by atoms with Crippen LogP contribution in [0, 0.1) is 0 Å². The molecule has 1 N–H and O–H groups in total. The maximum Gasteiger partial charge on any atom is 0.230 e. The monoisotopic (exact) mass is 364 g/mol. The van der Waals surface area contributed by atoms with E-state index in [0.29, 0.717) is 13.2 Å². The number of aromatic nitrogens is 3. The van der Waals surface area contributed by atoms with Gasteiger partial charge in [0, 0.05) is 25.3 Å². The summed E-state index contributed by atoms with van der Waals surface area (Å²) in [5.41, 5.74) is 0.957. The van der Waals surface area contributed by atoms with Gasteiger partial charge in [-0.05, 0) is 38.1 Å². The van der Waals surface area contributed by atoms with Gasteiger partial charge in [-0.15, -0.1) is 10.2 Å². The van der Waals surface area contributed by atoms with Gasteiger partial charge in [0.15, 0.2) is 11.0 Å². The summed E-state index contributed by atoms with van der Waals surface area (Å²) in [7, 11) is 3.24. The standard InChI is InChI=1S/C17H24N4O3S/c1-12(2)21-16(13-5-7-14(24-4)8-6-13)19-20-17(21)25-11-15(22)18-9-10-23-3/h5-8,12H,9-11H2,1-4H3,(H,18,22). The van der Waals surface area contributed by atoms with Crippen molar-refractivity contribution in [3.8, 4) is 17.1 Å². The number of ether oxygens (including phenoxy) is 2. The highest BCUT2D eigenvalue weighted by molar-refractivity contribution is 7.99. The van der Waals surface area contributed by atoms with E-state index in [1.807, 2.05) is 28.8 Å². The molecule has 7 nitrogen and oxygen atoms in total. The number of hydrogen-bond acceptors (Lipinski definition) is 6. The molecule has 1 amide bonds. The summed E-state index contributed by atoms with van der Waals surface area (Å²) in [5, 5.41) is 12.1. The van der Waals surface area contributed by atoms with Crippen molar-refractivity contribution in [2.24, 2.45) is 0 Å². The van der Waals surface area contributed by atoms with Gasteiger partial charge in [0.2, 0.25) is 5.91 Å². The lowest BCUT2D eigenvalue weighted by molar-refractivity contribution is -0.118. The second kappa shape index (κ2) is 9.43. The summed E-state index contributed by atoms with van der Waals surface area (Å²) < 4.78 is 12.1. The van der Waals surface area contributed by atoms with Crippen LogP contribution in [0.5, 0.6) is 5.75 Å². The highest BCUT2D eigenvalue weighted by atomic mass is 32.2. The molecular weight excluding hydrogens is 340 g/mol. The number of nitrogens with one attached hydrogen (secondary N) is 1. The van der Waals surface area contributed by atoms with Crippen LogP contribution in [0.15, 0.2) is 29.4 Å². The molecule has 0 atom stereocenters. The van der Waals surface area contributed by atoms with Crippen molar-refractivity contribution in [3.05, 3.63) is 24.3 Å². The predicted octanol–water partition coefficient (Wildman–Crippen LogP) is 2.39. The third-order valence-electron chi connectivity index (χ3n) is 3.49. The van der Waals surface area contributed by atoms with Gasteiger partial charge in [0.1, 0.15) is 5.75 Å². The van der Waals surface area contributed by atoms with Gasteiger partial charge >= 0.3 is 0 Å². The van der Waals surface area contributed by atoms with Gasteiger partial charge in [-0.2, -0.15) is 0 Å². The Labute approximate surface area is 152 Å². The van der Waals surface area contributed by atoms with Crippen LogP contribution in [0.3, 0.4) is 0 Å². The van der Waals surface area contributed by atoms with Crippen molar-refractivity contribution in [2.45, 2.75) is 25.0 Å². The van der Waals surface area contributed by atoms with E-state index < -0.39 is 0 Å². The van der Waals surface area contributed by atoms with Crippen LogP contribution in [0.2, 0.25) is 0 Å². The maximum atomic E-state index is 11.9. The average Bonchev–Trinajstić information content (AvgIpc) is 3.04. The Morgan fingerprint density at radius 1 is 1.24 bits per heavy atom. The number of carbonyl (C=O) groups excluding carboxylic acids is 1. The van der Waals surface area contributed by atoms with Crippen LogP contribution >= 0.6 is 11.8 Å². The first-order chi connectivity index (χ1) is 12.1. The number of methoxy groups -OCH3 is 2. The molecule has 136 valence electrons. The minimum atomic E-state index is -0.0497. The smallest absolute Gasteiger partial charge is 0.230 e. The van der Waals surface area contributed by atoms with E-state index in [4.69, 9.17) is 9.47 Å². The zero-order valence-corrected chi connectivity index (χ0v) is 15.8. The molecule has 0 radical (unpaired) electrons. The fraction of sp³-hybridized carbons (Fsp3) is 0.471. The molecule has 0 bridgehead atoms. The molecule has 2 aromatic rings. The molecule has 0 saturated heterocycles. The van der Waals surface area contributed by atoms with Crippen LogP contribution in [0.25, 0.3) is 11.4 Å². The zero-order valence-electron chi connectivity index (χ0n) is 15.0. The highest BCUT2D eigenvalue weighted by Crippen LogP contribution is 2.28. The third kappa shape index (κ3) is 5.20. The highest BCUT2D eigenvalue weighted by Gasteiger charge is 2.17. The molecule has 1 aromatic carbocycles. The topological polar surface area (TPSA) is 78.3 Å². The molecule has 25 heavy (non-hydrogen) atoms. The van der Waals surface area contributed by atoms with Crippen LogP contribution in [0.4, 0.5) is 0 Å². The third-order valence-corrected chi connectivity index (χ3v) is 4.43. The number of hydrogen-bond donors (Lipinski definition) is 1. The van der Waals surface area contributed by atoms with Crippen molar-refractivity contribution in [3.63, 3.8) is 0 Å². The van der Waals surface area contributed by atoms with Gasteiger partial charge in [0.25, 0.3) is 0 Å². The lowest BCUT2D eigenvalue weighted by atomic mass is 10.2. The Morgan fingerprint density at radius 3 is 2.56 bits per heavy atom. The van der Waals surface area contributed by atoms with Gasteiger partial charge in [-0.1, -0.05) is 11.8 Å². The maximum absolute atomic E-state index is 11.9. The van der Waals surface area contributed by atoms with E-state index in [0.717, 1.165) is 22.3 Å². The summed E-state index contributed by atoms with van der Waals surface area (Å²) in [5.74, 6) is 1.81. The molecule has 2 rings (SSSR count). The Bertz CT molecular complexity index is 686. The molecule has 1 heterocycles. The number of benzene rings is 1. The lowest BCUT2D eigenvalue weighted by Gasteiger charge is -2.14. The van der Waals surface area contributed by atoms with E-state index >= 15 is 0 Å². The molecule has 1 aromatic heterocycles. The van der Waals surface area contributed by atoms with Crippen LogP contribution in [-0.4, -0.2) is 53.8 Å². The molecule has 0 aliphatic heterocycles. The summed E-state index contributed by atoms with van der Waals surface area (Å²) in [6.07, 6.45) is 0. The number of nitrogens with zero attached hydrogens (tertiary/aromatic N) is 3. The minimum absolute atomic E-state index is 0.0497. The predicted molar refractivity (Wildman–Crippen MR) is 98.0 cm³/mol. The van der Waals surface area contributed by atoms with E-state index in [1.54, 1.807) is 14.2 Å². The van der Waals surface area contributed by atoms with Gasteiger partial charge < -0.3 is 14.8 Å². The summed E-state index contributed by atoms with van der Waals surface area (Å²) in [4.78, 5) is 11.9. The number of rotatable bonds is 9. The van der Waals surface area contributed by atoms with Crippen molar-refractivity contribution in [1.82, 2.24) is 20.1 Å². The van der Waals surface area contributed by atoms with Crippen LogP contribution in [0.1, 0.15) is 19.9 Å². The van der Waals surface area contributed by atoms with Crippen LogP contribution in [-0.2, 0) is 9.53 Å². The van der Waals surface area contributed by atoms with Gasteiger partial charge in [-0.3, -0.25) is 9.36 Å². The second-order valence-electron chi connectivity index (χ2n) is 5.63. The molecule has 8 heteroatoms. The number of thioether (sulfide) groups is 1. The first-order valence-corrected chi connectivity index (χ1v) is 9.03. The van der Waals surface area contributed by atoms with E-state index in [1.165, 1.54) is 11.8 Å². The van der Waals surface area contributed by atoms with E-state index in [2.05, 4.69) is 29.4 Å². The average molecular weight is 364 g/mol. The molecule has 0 unspecified atom stereocenters. The van der Waals surface area contributed by atoms with Crippen molar-refractivity contribution < 1.29 is 14.3 Å². The Hall–Kier alpha value is -2.06. The fourth-order valence-electron chi connectivity index (χ4n) is 2.25. The molecule has 0 aliphatic rings. The SMILES string of the molecule is COCCNC(=O)CSc1nnc(-c2ccc(OC)cc2)n1C(C)C. The molecular formula is C17H24N4O3S. The van der Waals surface area contributed by atoms with Crippen molar-refractivity contribution in [2.75, 3.05) is 33.1 Å². The second-order valence-corrected chi connectivity index (χ2v) is 6.57. The molecule has 0 saturated carbocycles. The largest absolute Gasteiger partial charge is 0.497 e. The first-order valence-electron chi connectivity index (χ1n) is 8.04. The lowest BCUT2D eigenvalue weighted by Crippen LogP contribution is -2.28. The minimum Gasteiger partial charge on any atom is -0.497 e. The van der Waals surface area contributed by atoms with E-state index in [-0.39, 0.29) is 17.7 Å². The van der Waals surface area contributed by atoms with Crippen molar-refractivity contribution >= 4 is 17.7 Å². The van der Waals surface area contributed by atoms with Gasteiger partial charge in [-0.25, -0.2) is 0 Å². The molecule has 0 spiro atoms. The summed E-state index contributed by atoms with van der Waals surface area (Å²) in [6, 6.07) is 7.86. The fourth-order valence-corrected chi connectivity index (χ4v) is 3.15. The molecule has 0 fully saturated rings.